The minimum Gasteiger partial charge on any atom is -0.477 e. The molecule has 1 unspecified atom stereocenters. The van der Waals surface area contributed by atoms with E-state index in [4.69, 9.17) is 9.66 Å². The monoisotopic (exact) mass is 207 g/mol. The zero-order valence-corrected chi connectivity index (χ0v) is 7.32. The summed E-state index contributed by atoms with van der Waals surface area (Å²) in [4.78, 5) is 10.5. The summed E-state index contributed by atoms with van der Waals surface area (Å²) in [6.45, 7) is 0. The fourth-order valence-corrected chi connectivity index (χ4v) is 1.67. The topological polar surface area (TPSA) is 86.6 Å². The molecule has 0 aromatic carbocycles. The summed E-state index contributed by atoms with van der Waals surface area (Å²) in [7, 11) is 0. The van der Waals surface area contributed by atoms with E-state index >= 15 is 0 Å². The van der Waals surface area contributed by atoms with Gasteiger partial charge in [-0.2, -0.15) is 0 Å². The van der Waals surface area contributed by atoms with Crippen molar-refractivity contribution < 1.29 is 18.7 Å². The van der Waals surface area contributed by atoms with Crippen LogP contribution in [-0.2, 0) is 11.3 Å². The van der Waals surface area contributed by atoms with E-state index in [1.165, 1.54) is 11.4 Å². The molecule has 66 valence electrons. The SMILES string of the molecule is O=C(O)c1cc(NS(=O)O)cs1. The molecule has 7 heteroatoms. The van der Waals surface area contributed by atoms with Crippen LogP contribution in [0.15, 0.2) is 11.4 Å². The summed E-state index contributed by atoms with van der Waals surface area (Å²) in [6, 6.07) is 1.29. The predicted molar refractivity (Wildman–Crippen MR) is 45.7 cm³/mol. The predicted octanol–water partition coefficient (Wildman–Crippen LogP) is 0.995. The van der Waals surface area contributed by atoms with Crippen LogP contribution in [0.2, 0.25) is 0 Å². The number of rotatable bonds is 3. The van der Waals surface area contributed by atoms with Crippen molar-refractivity contribution in [3.05, 3.63) is 16.3 Å². The molecular formula is C5H5NO4S2. The molecule has 12 heavy (non-hydrogen) atoms. The van der Waals surface area contributed by atoms with Gasteiger partial charge in [0.1, 0.15) is 4.88 Å². The van der Waals surface area contributed by atoms with E-state index in [1.807, 2.05) is 0 Å². The lowest BCUT2D eigenvalue weighted by atomic mass is 10.4. The molecule has 5 nitrogen and oxygen atoms in total. The first-order chi connectivity index (χ1) is 5.59. The zero-order chi connectivity index (χ0) is 9.14. The fraction of sp³-hybridized carbons (Fsp3) is 0. The Hall–Kier alpha value is -0.920. The molecule has 0 radical (unpaired) electrons. The molecule has 3 N–H and O–H groups in total. The lowest BCUT2D eigenvalue weighted by Crippen LogP contribution is -2.00. The van der Waals surface area contributed by atoms with E-state index in [0.717, 1.165) is 11.3 Å². The molecule has 0 amide bonds. The maximum absolute atomic E-state index is 10.3. The van der Waals surface area contributed by atoms with Crippen LogP contribution < -0.4 is 4.72 Å². The van der Waals surface area contributed by atoms with Crippen molar-refractivity contribution >= 4 is 34.3 Å². The van der Waals surface area contributed by atoms with Gasteiger partial charge in [0.05, 0.1) is 5.69 Å². The summed E-state index contributed by atoms with van der Waals surface area (Å²) in [5.74, 6) is -1.04. The van der Waals surface area contributed by atoms with Crippen LogP contribution in [0, 0.1) is 0 Å². The molecule has 1 atom stereocenters. The van der Waals surface area contributed by atoms with Crippen LogP contribution in [0.25, 0.3) is 0 Å². The fourth-order valence-electron chi connectivity index (χ4n) is 0.603. The second-order valence-corrected chi connectivity index (χ2v) is 3.47. The van der Waals surface area contributed by atoms with Gasteiger partial charge >= 0.3 is 5.97 Å². The highest BCUT2D eigenvalue weighted by molar-refractivity contribution is 7.80. The van der Waals surface area contributed by atoms with Crippen LogP contribution in [0.1, 0.15) is 9.67 Å². The highest BCUT2D eigenvalue weighted by atomic mass is 32.2. The number of anilines is 1. The van der Waals surface area contributed by atoms with Gasteiger partial charge in [-0.05, 0) is 6.07 Å². The molecule has 0 fully saturated rings. The minimum atomic E-state index is -2.15. The van der Waals surface area contributed by atoms with Crippen molar-refractivity contribution in [2.45, 2.75) is 0 Å². The molecule has 0 saturated heterocycles. The molecule has 1 rings (SSSR count). The third kappa shape index (κ3) is 2.29. The molecular weight excluding hydrogens is 202 g/mol. The molecule has 1 aromatic heterocycles. The van der Waals surface area contributed by atoms with Crippen LogP contribution in [0.5, 0.6) is 0 Å². The van der Waals surface area contributed by atoms with Crippen molar-refractivity contribution in [2.75, 3.05) is 4.72 Å². The maximum Gasteiger partial charge on any atom is 0.345 e. The lowest BCUT2D eigenvalue weighted by molar-refractivity contribution is 0.0702. The van der Waals surface area contributed by atoms with Crippen LogP contribution >= 0.6 is 11.3 Å². The van der Waals surface area contributed by atoms with E-state index < -0.39 is 17.2 Å². The minimum absolute atomic E-state index is 0.128. The van der Waals surface area contributed by atoms with Crippen molar-refractivity contribution in [3.8, 4) is 0 Å². The Kier molecular flexibility index (Phi) is 2.79. The smallest absolute Gasteiger partial charge is 0.345 e. The van der Waals surface area contributed by atoms with Gasteiger partial charge in [0.2, 0.25) is 0 Å². The van der Waals surface area contributed by atoms with Gasteiger partial charge in [0.25, 0.3) is 11.3 Å². The highest BCUT2D eigenvalue weighted by Gasteiger charge is 2.06. The maximum atomic E-state index is 10.3. The Morgan fingerprint density at radius 3 is 2.75 bits per heavy atom. The number of carboxylic acid groups (broad SMARTS) is 1. The number of nitrogens with one attached hydrogen (secondary N) is 1. The van der Waals surface area contributed by atoms with Crippen LogP contribution in [-0.4, -0.2) is 19.8 Å². The Bertz CT molecular complexity index is 321. The summed E-state index contributed by atoms with van der Waals surface area (Å²) in [6.07, 6.45) is 0. The third-order valence-corrected chi connectivity index (χ3v) is 2.34. The second kappa shape index (κ2) is 3.65. The van der Waals surface area contributed by atoms with Gasteiger partial charge < -0.3 is 5.11 Å². The van der Waals surface area contributed by atoms with Gasteiger partial charge in [0.15, 0.2) is 0 Å². The molecule has 0 spiro atoms. The number of thiophene rings is 1. The van der Waals surface area contributed by atoms with E-state index in [-0.39, 0.29) is 4.88 Å². The molecule has 1 heterocycles. The van der Waals surface area contributed by atoms with Gasteiger partial charge in [-0.3, -0.25) is 9.27 Å². The van der Waals surface area contributed by atoms with Gasteiger partial charge in [0, 0.05) is 5.38 Å². The number of hydrogen-bond acceptors (Lipinski definition) is 3. The quantitative estimate of drug-likeness (QED) is 0.645. The summed E-state index contributed by atoms with van der Waals surface area (Å²) < 4.78 is 20.7. The third-order valence-electron chi connectivity index (χ3n) is 1.02. The van der Waals surface area contributed by atoms with Crippen molar-refractivity contribution in [1.82, 2.24) is 0 Å². The van der Waals surface area contributed by atoms with E-state index in [0.29, 0.717) is 5.69 Å². The van der Waals surface area contributed by atoms with Gasteiger partial charge in [-0.25, -0.2) is 9.00 Å². The standard InChI is InChI=1S/C5H5NO4S2/c7-5(8)4-1-3(2-11-4)6-12(9)10/h1-2,6H,(H,7,8)(H,9,10). The Morgan fingerprint density at radius 2 is 2.33 bits per heavy atom. The van der Waals surface area contributed by atoms with Crippen molar-refractivity contribution in [3.63, 3.8) is 0 Å². The molecule has 0 aliphatic heterocycles. The summed E-state index contributed by atoms with van der Waals surface area (Å²) in [5, 5.41) is 9.93. The first-order valence-electron chi connectivity index (χ1n) is 2.79. The second-order valence-electron chi connectivity index (χ2n) is 1.86. The van der Waals surface area contributed by atoms with E-state index in [2.05, 4.69) is 4.72 Å². The number of carboxylic acids is 1. The van der Waals surface area contributed by atoms with Crippen LogP contribution in [0.4, 0.5) is 5.69 Å². The average Bonchev–Trinajstić information content (AvgIpc) is 2.34. The molecule has 0 aliphatic rings. The van der Waals surface area contributed by atoms with E-state index in [1.54, 1.807) is 0 Å². The first kappa shape index (κ1) is 9.17. The molecule has 0 saturated carbocycles. The molecule has 0 bridgehead atoms. The first-order valence-corrected chi connectivity index (χ1v) is 4.77. The lowest BCUT2D eigenvalue weighted by Gasteiger charge is -1.92. The average molecular weight is 207 g/mol. The van der Waals surface area contributed by atoms with Gasteiger partial charge in [-0.15, -0.1) is 11.3 Å². The molecule has 0 aliphatic carbocycles. The largest absolute Gasteiger partial charge is 0.477 e. The van der Waals surface area contributed by atoms with Crippen LogP contribution in [0.3, 0.4) is 0 Å². The van der Waals surface area contributed by atoms with Crippen molar-refractivity contribution in [1.29, 1.82) is 0 Å². The van der Waals surface area contributed by atoms with Crippen molar-refractivity contribution in [2.24, 2.45) is 0 Å². The summed E-state index contributed by atoms with van der Waals surface area (Å²) >= 11 is -1.16. The highest BCUT2D eigenvalue weighted by Crippen LogP contribution is 2.19. The Labute approximate surface area is 74.5 Å². The molecule has 1 aromatic rings. The van der Waals surface area contributed by atoms with E-state index in [9.17, 15) is 9.00 Å². The Morgan fingerprint density at radius 1 is 1.67 bits per heavy atom. The normalized spacial score (nSPS) is 12.4. The zero-order valence-electron chi connectivity index (χ0n) is 5.68. The number of hydrogen-bond donors (Lipinski definition) is 3. The number of carbonyl (C=O) groups is 1. The van der Waals surface area contributed by atoms with Gasteiger partial charge in [-0.1, -0.05) is 0 Å². The summed E-state index contributed by atoms with van der Waals surface area (Å²) in [5.41, 5.74) is 0.332. The Balaban J connectivity index is 2.77. The number of aromatic carboxylic acids is 1.